The maximum atomic E-state index is 12.2. The van der Waals surface area contributed by atoms with Gasteiger partial charge >= 0.3 is 6.09 Å². The van der Waals surface area contributed by atoms with Crippen molar-refractivity contribution in [3.8, 4) is 0 Å². The summed E-state index contributed by atoms with van der Waals surface area (Å²) in [6.45, 7) is 11.4. The fourth-order valence-electron chi connectivity index (χ4n) is 2.27. The molecule has 0 aromatic rings. The SMILES string of the molecule is C/C=C1\C[C@H](CC(C)C)N(C(=O)OC(C)(C)C)C1=O. The highest BCUT2D eigenvalue weighted by Gasteiger charge is 2.41. The number of ether oxygens (including phenoxy) is 1. The minimum absolute atomic E-state index is 0.0754. The van der Waals surface area contributed by atoms with Gasteiger partial charge in [-0.05, 0) is 46.5 Å². The highest BCUT2D eigenvalue weighted by atomic mass is 16.6. The summed E-state index contributed by atoms with van der Waals surface area (Å²) in [5.74, 6) is 0.223. The first-order valence-corrected chi connectivity index (χ1v) is 6.87. The van der Waals surface area contributed by atoms with Crippen LogP contribution >= 0.6 is 0 Å². The summed E-state index contributed by atoms with van der Waals surface area (Å²) in [5, 5.41) is 0. The number of nitrogens with zero attached hydrogens (tertiary/aromatic N) is 1. The third-order valence-corrected chi connectivity index (χ3v) is 3.00. The highest BCUT2D eigenvalue weighted by molar-refractivity contribution is 6.05. The Labute approximate surface area is 115 Å². The molecule has 0 N–H and O–H groups in total. The molecule has 1 saturated heterocycles. The van der Waals surface area contributed by atoms with Crippen LogP contribution in [0.5, 0.6) is 0 Å². The smallest absolute Gasteiger partial charge is 0.417 e. The van der Waals surface area contributed by atoms with Crippen LogP contribution in [-0.4, -0.2) is 28.5 Å². The van der Waals surface area contributed by atoms with Crippen molar-refractivity contribution in [1.82, 2.24) is 4.90 Å². The van der Waals surface area contributed by atoms with E-state index in [1.54, 1.807) is 26.8 Å². The number of hydrogen-bond donors (Lipinski definition) is 0. The average molecular weight is 267 g/mol. The molecular formula is C15H25NO3. The van der Waals surface area contributed by atoms with E-state index in [1.807, 2.05) is 6.92 Å². The van der Waals surface area contributed by atoms with Gasteiger partial charge < -0.3 is 4.74 Å². The first-order chi connectivity index (χ1) is 8.65. The van der Waals surface area contributed by atoms with Crippen molar-refractivity contribution >= 4 is 12.0 Å². The van der Waals surface area contributed by atoms with Crippen molar-refractivity contribution in [2.45, 2.75) is 66.0 Å². The Morgan fingerprint density at radius 1 is 1.47 bits per heavy atom. The first-order valence-electron chi connectivity index (χ1n) is 6.87. The first kappa shape index (κ1) is 15.7. The lowest BCUT2D eigenvalue weighted by atomic mass is 10.0. The van der Waals surface area contributed by atoms with E-state index < -0.39 is 11.7 Å². The third-order valence-electron chi connectivity index (χ3n) is 3.00. The Morgan fingerprint density at radius 3 is 2.47 bits per heavy atom. The predicted octanol–water partition coefficient (Wildman–Crippen LogP) is 3.51. The molecule has 0 aromatic carbocycles. The van der Waals surface area contributed by atoms with Gasteiger partial charge in [0, 0.05) is 11.6 Å². The summed E-state index contributed by atoms with van der Waals surface area (Å²) in [6, 6.07) is -0.0754. The van der Waals surface area contributed by atoms with Crippen molar-refractivity contribution < 1.29 is 14.3 Å². The van der Waals surface area contributed by atoms with Crippen molar-refractivity contribution in [3.05, 3.63) is 11.6 Å². The predicted molar refractivity (Wildman–Crippen MR) is 74.7 cm³/mol. The van der Waals surface area contributed by atoms with Gasteiger partial charge in [-0.15, -0.1) is 0 Å². The molecule has 4 heteroatoms. The Morgan fingerprint density at radius 2 is 2.05 bits per heavy atom. The lowest BCUT2D eigenvalue weighted by Gasteiger charge is -2.27. The van der Waals surface area contributed by atoms with Crippen molar-refractivity contribution in [3.63, 3.8) is 0 Å². The lowest BCUT2D eigenvalue weighted by molar-refractivity contribution is -0.125. The van der Waals surface area contributed by atoms with E-state index >= 15 is 0 Å². The number of hydrogen-bond acceptors (Lipinski definition) is 3. The number of rotatable bonds is 2. The minimum atomic E-state index is -0.585. The molecule has 1 heterocycles. The second-order valence-electron chi connectivity index (χ2n) is 6.46. The van der Waals surface area contributed by atoms with Crippen molar-refractivity contribution in [1.29, 1.82) is 0 Å². The summed E-state index contributed by atoms with van der Waals surface area (Å²) in [5.41, 5.74) is 0.120. The standard InChI is InChI=1S/C15H25NO3/c1-7-11-9-12(8-10(2)3)16(13(11)17)14(18)19-15(4,5)6/h7,10,12H,8-9H2,1-6H3/b11-7+/t12-/m0/s1. The minimum Gasteiger partial charge on any atom is -0.443 e. The monoisotopic (exact) mass is 267 g/mol. The molecular weight excluding hydrogens is 242 g/mol. The Hall–Kier alpha value is -1.32. The van der Waals surface area contributed by atoms with Crippen LogP contribution in [0, 0.1) is 5.92 Å². The normalized spacial score (nSPS) is 22.5. The van der Waals surface area contributed by atoms with E-state index in [2.05, 4.69) is 13.8 Å². The van der Waals surface area contributed by atoms with Crippen LogP contribution in [0.15, 0.2) is 11.6 Å². The van der Waals surface area contributed by atoms with Crippen molar-refractivity contribution in [2.75, 3.05) is 0 Å². The quantitative estimate of drug-likeness (QED) is 0.719. The van der Waals surface area contributed by atoms with Crippen molar-refractivity contribution in [2.24, 2.45) is 5.92 Å². The largest absolute Gasteiger partial charge is 0.443 e. The van der Waals surface area contributed by atoms with E-state index in [0.717, 1.165) is 6.42 Å². The van der Waals surface area contributed by atoms with Gasteiger partial charge in [-0.2, -0.15) is 0 Å². The number of carbonyl (C=O) groups is 2. The molecule has 1 fully saturated rings. The fourth-order valence-corrected chi connectivity index (χ4v) is 2.27. The number of amides is 2. The zero-order valence-electron chi connectivity index (χ0n) is 12.8. The molecule has 0 radical (unpaired) electrons. The molecule has 1 aliphatic rings. The molecule has 2 amide bonds. The molecule has 19 heavy (non-hydrogen) atoms. The molecule has 108 valence electrons. The number of carbonyl (C=O) groups excluding carboxylic acids is 2. The number of likely N-dealkylation sites (tertiary alicyclic amines) is 1. The summed E-state index contributed by atoms with van der Waals surface area (Å²) in [4.78, 5) is 25.7. The maximum absolute atomic E-state index is 12.2. The van der Waals surface area contributed by atoms with Crippen LogP contribution < -0.4 is 0 Å². The molecule has 0 aliphatic carbocycles. The van der Waals surface area contributed by atoms with Crippen LogP contribution in [0.1, 0.15) is 54.4 Å². The topological polar surface area (TPSA) is 46.6 Å². The van der Waals surface area contributed by atoms with Crippen LogP contribution in [0.2, 0.25) is 0 Å². The van der Waals surface area contributed by atoms with Crippen LogP contribution in [0.25, 0.3) is 0 Å². The average Bonchev–Trinajstić information content (AvgIpc) is 2.51. The summed E-state index contributed by atoms with van der Waals surface area (Å²) >= 11 is 0. The van der Waals surface area contributed by atoms with E-state index in [-0.39, 0.29) is 11.9 Å². The van der Waals surface area contributed by atoms with Gasteiger partial charge in [-0.25, -0.2) is 9.69 Å². The Bertz CT molecular complexity index is 391. The van der Waals surface area contributed by atoms with Crippen LogP contribution in [0.4, 0.5) is 4.79 Å². The maximum Gasteiger partial charge on any atom is 0.417 e. The van der Waals surface area contributed by atoms with E-state index in [1.165, 1.54) is 4.90 Å². The Kier molecular flexibility index (Phi) is 4.77. The molecule has 0 unspecified atom stereocenters. The molecule has 0 saturated carbocycles. The fraction of sp³-hybridized carbons (Fsp3) is 0.733. The van der Waals surface area contributed by atoms with Gasteiger partial charge in [0.05, 0.1) is 0 Å². The van der Waals surface area contributed by atoms with Crippen LogP contribution in [-0.2, 0) is 9.53 Å². The summed E-state index contributed by atoms with van der Waals surface area (Å²) in [7, 11) is 0. The van der Waals surface area contributed by atoms with E-state index in [0.29, 0.717) is 17.9 Å². The van der Waals surface area contributed by atoms with E-state index in [9.17, 15) is 9.59 Å². The van der Waals surface area contributed by atoms with E-state index in [4.69, 9.17) is 4.74 Å². The van der Waals surface area contributed by atoms with Gasteiger partial charge in [0.2, 0.25) is 0 Å². The van der Waals surface area contributed by atoms with Gasteiger partial charge in [-0.3, -0.25) is 4.79 Å². The molecule has 0 bridgehead atoms. The molecule has 0 aromatic heterocycles. The third kappa shape index (κ3) is 4.08. The number of imide groups is 1. The van der Waals surface area contributed by atoms with Crippen LogP contribution in [0.3, 0.4) is 0 Å². The molecule has 0 spiro atoms. The second-order valence-corrected chi connectivity index (χ2v) is 6.46. The van der Waals surface area contributed by atoms with Gasteiger partial charge in [0.15, 0.2) is 0 Å². The second kappa shape index (κ2) is 5.76. The van der Waals surface area contributed by atoms with Gasteiger partial charge in [-0.1, -0.05) is 19.9 Å². The molecule has 1 aliphatic heterocycles. The van der Waals surface area contributed by atoms with Gasteiger partial charge in [0.25, 0.3) is 5.91 Å². The molecule has 1 rings (SSSR count). The number of allylic oxidation sites excluding steroid dienone is 1. The summed E-state index contributed by atoms with van der Waals surface area (Å²) < 4.78 is 5.34. The zero-order chi connectivity index (χ0) is 14.8. The zero-order valence-corrected chi connectivity index (χ0v) is 12.8. The summed E-state index contributed by atoms with van der Waals surface area (Å²) in [6.07, 6.45) is 2.70. The molecule has 4 nitrogen and oxygen atoms in total. The molecule has 1 atom stereocenters. The lowest BCUT2D eigenvalue weighted by Crippen LogP contribution is -2.42. The highest BCUT2D eigenvalue weighted by Crippen LogP contribution is 2.30. The van der Waals surface area contributed by atoms with Gasteiger partial charge in [0.1, 0.15) is 5.60 Å². The Balaban J connectivity index is 2.92.